The normalized spacial score (nSPS) is 17.2. The molecule has 1 N–H and O–H groups in total. The minimum absolute atomic E-state index is 0.297. The molecule has 0 saturated carbocycles. The van der Waals surface area contributed by atoms with Gasteiger partial charge in [-0.05, 0) is 75.4 Å². The van der Waals surface area contributed by atoms with E-state index in [4.69, 9.17) is 4.74 Å². The van der Waals surface area contributed by atoms with Crippen LogP contribution < -0.4 is 5.32 Å². The average molecular weight is 546 g/mol. The van der Waals surface area contributed by atoms with Crippen molar-refractivity contribution in [3.8, 4) is 11.1 Å². The number of rotatable bonds is 7. The van der Waals surface area contributed by atoms with E-state index in [0.717, 1.165) is 54.7 Å². The molecule has 6 nitrogen and oxygen atoms in total. The van der Waals surface area contributed by atoms with Gasteiger partial charge in [0.15, 0.2) is 0 Å². The lowest BCUT2D eigenvalue weighted by Gasteiger charge is -2.31. The molecule has 2 amide bonds. The topological polar surface area (TPSA) is 61.9 Å². The number of ether oxygens (including phenoxy) is 1. The van der Waals surface area contributed by atoms with Gasteiger partial charge in [0, 0.05) is 19.6 Å². The zero-order chi connectivity index (χ0) is 28.3. The Morgan fingerprint density at radius 2 is 1.51 bits per heavy atom. The summed E-state index contributed by atoms with van der Waals surface area (Å²) in [5.41, 5.74) is 1.59. The summed E-state index contributed by atoms with van der Waals surface area (Å²) in [6, 6.07) is 15.0. The summed E-state index contributed by atoms with van der Waals surface area (Å²) in [5.74, 6) is -0.611. The number of hydrogen-bond acceptors (Lipinski definition) is 4. The first kappa shape index (κ1) is 28.9. The van der Waals surface area contributed by atoms with Gasteiger partial charge < -0.3 is 19.9 Å². The van der Waals surface area contributed by atoms with Gasteiger partial charge in [0.05, 0.1) is 0 Å². The molecule has 39 heavy (non-hydrogen) atoms. The molecule has 1 saturated heterocycles. The van der Waals surface area contributed by atoms with Crippen LogP contribution in [0.25, 0.3) is 11.1 Å². The lowest BCUT2D eigenvalue weighted by Crippen LogP contribution is -2.47. The molecular weight excluding hydrogens is 507 g/mol. The number of amides is 2. The predicted octanol–water partition coefficient (Wildman–Crippen LogP) is 5.74. The second-order valence-electron chi connectivity index (χ2n) is 11.4. The fourth-order valence-electron chi connectivity index (χ4n) is 5.71. The van der Waals surface area contributed by atoms with Crippen molar-refractivity contribution >= 4 is 12.0 Å². The highest BCUT2D eigenvalue weighted by atomic mass is 19.4. The van der Waals surface area contributed by atoms with Crippen LogP contribution in [0.4, 0.5) is 18.0 Å². The Labute approximate surface area is 228 Å². The highest BCUT2D eigenvalue weighted by Gasteiger charge is 2.49. The van der Waals surface area contributed by atoms with Crippen LogP contribution in [0.2, 0.25) is 0 Å². The maximum Gasteiger partial charge on any atom is 0.410 e. The molecule has 0 bridgehead atoms. The van der Waals surface area contributed by atoms with Gasteiger partial charge >= 0.3 is 12.3 Å². The van der Waals surface area contributed by atoms with Crippen molar-refractivity contribution in [2.24, 2.45) is 0 Å². The molecule has 0 aromatic heterocycles. The molecule has 2 aromatic rings. The van der Waals surface area contributed by atoms with E-state index in [1.807, 2.05) is 69.3 Å². The van der Waals surface area contributed by atoms with Crippen LogP contribution in [-0.4, -0.2) is 72.8 Å². The van der Waals surface area contributed by atoms with Crippen LogP contribution in [0.15, 0.2) is 48.5 Å². The van der Waals surface area contributed by atoms with Gasteiger partial charge in [-0.25, -0.2) is 4.79 Å². The summed E-state index contributed by atoms with van der Waals surface area (Å²) in [5, 5.41) is 2.19. The van der Waals surface area contributed by atoms with E-state index in [9.17, 15) is 22.8 Å². The van der Waals surface area contributed by atoms with E-state index in [0.29, 0.717) is 25.9 Å². The molecule has 1 heterocycles. The number of benzene rings is 2. The maximum atomic E-state index is 13.6. The van der Waals surface area contributed by atoms with Gasteiger partial charge in [0.1, 0.15) is 17.6 Å². The third-order valence-electron chi connectivity index (χ3n) is 7.42. The van der Waals surface area contributed by atoms with Crippen molar-refractivity contribution in [2.45, 2.75) is 63.6 Å². The molecule has 0 spiro atoms. The number of fused-ring (bicyclic) bond motifs is 3. The molecule has 0 unspecified atom stereocenters. The van der Waals surface area contributed by atoms with E-state index in [2.05, 4.69) is 10.2 Å². The number of nitrogens with zero attached hydrogens (tertiary/aromatic N) is 2. The minimum Gasteiger partial charge on any atom is -0.444 e. The number of nitrogens with one attached hydrogen (secondary N) is 1. The summed E-state index contributed by atoms with van der Waals surface area (Å²) in [7, 11) is 0. The number of carbonyl (C=O) groups is 2. The van der Waals surface area contributed by atoms with Crippen LogP contribution in [0.1, 0.15) is 57.6 Å². The summed E-state index contributed by atoms with van der Waals surface area (Å²) in [6.07, 6.45) is -2.10. The molecule has 0 radical (unpaired) electrons. The van der Waals surface area contributed by atoms with Crippen molar-refractivity contribution in [1.29, 1.82) is 0 Å². The molecule has 1 aliphatic carbocycles. The van der Waals surface area contributed by atoms with E-state index < -0.39 is 29.6 Å². The zero-order valence-corrected chi connectivity index (χ0v) is 22.9. The van der Waals surface area contributed by atoms with Crippen molar-refractivity contribution in [1.82, 2.24) is 15.1 Å². The van der Waals surface area contributed by atoms with Crippen LogP contribution in [0, 0.1) is 0 Å². The van der Waals surface area contributed by atoms with E-state index in [1.54, 1.807) is 4.90 Å². The fraction of sp³-hybridized carbons (Fsp3) is 0.533. The number of halogens is 3. The summed E-state index contributed by atoms with van der Waals surface area (Å²) < 4.78 is 44.7. The average Bonchev–Trinajstić information content (AvgIpc) is 2.98. The van der Waals surface area contributed by atoms with Crippen molar-refractivity contribution in [2.75, 3.05) is 39.3 Å². The number of hydrogen-bond donors (Lipinski definition) is 1. The Hall–Kier alpha value is -3.07. The highest BCUT2D eigenvalue weighted by molar-refractivity contribution is 6.00. The molecule has 9 heteroatoms. The van der Waals surface area contributed by atoms with Crippen molar-refractivity contribution in [3.05, 3.63) is 59.7 Å². The molecule has 1 fully saturated rings. The largest absolute Gasteiger partial charge is 0.444 e. The van der Waals surface area contributed by atoms with Gasteiger partial charge in [0.2, 0.25) is 5.91 Å². The van der Waals surface area contributed by atoms with E-state index in [1.165, 1.54) is 0 Å². The summed E-state index contributed by atoms with van der Waals surface area (Å²) in [6.45, 7) is 7.78. The summed E-state index contributed by atoms with van der Waals surface area (Å²) in [4.78, 5) is 30.1. The van der Waals surface area contributed by atoms with E-state index in [-0.39, 0.29) is 6.09 Å². The van der Waals surface area contributed by atoms with Gasteiger partial charge in [-0.1, -0.05) is 55.0 Å². The number of alkyl halides is 3. The highest BCUT2D eigenvalue weighted by Crippen LogP contribution is 2.51. The molecular formula is C30H38F3N3O3. The van der Waals surface area contributed by atoms with Crippen LogP contribution >= 0.6 is 0 Å². The quantitative estimate of drug-likeness (QED) is 0.451. The third kappa shape index (κ3) is 6.75. The number of carbonyl (C=O) groups excluding carboxylic acids is 2. The zero-order valence-electron chi connectivity index (χ0n) is 22.9. The first-order valence-electron chi connectivity index (χ1n) is 13.7. The SMILES string of the molecule is CC(C)(C)OC(=O)N1CCCN(CCCCC2(C(=O)NCC(F)(F)F)c3ccccc3-c3ccccc32)CC1. The lowest BCUT2D eigenvalue weighted by molar-refractivity contribution is -0.141. The van der Waals surface area contributed by atoms with E-state index >= 15 is 0 Å². The Kier molecular flexibility index (Phi) is 8.59. The molecule has 4 rings (SSSR count). The molecule has 1 aliphatic heterocycles. The third-order valence-corrected chi connectivity index (χ3v) is 7.42. The molecule has 212 valence electrons. The van der Waals surface area contributed by atoms with Gasteiger partial charge in [-0.15, -0.1) is 0 Å². The molecule has 2 aliphatic rings. The monoisotopic (exact) mass is 545 g/mol. The minimum atomic E-state index is -4.49. The number of unbranched alkanes of at least 4 members (excludes halogenated alkanes) is 1. The summed E-state index contributed by atoms with van der Waals surface area (Å²) >= 11 is 0. The standard InChI is InChI=1S/C30H38F3N3O3/c1-28(2,3)39-27(38)36-18-10-17-35(19-20-36)16-9-8-15-29(26(37)34-21-30(31,32)33)24-13-6-4-11-22(24)23-12-5-7-14-25(23)29/h4-7,11-14H,8-10,15-21H2,1-3H3,(H,34,37). The first-order valence-corrected chi connectivity index (χ1v) is 13.7. The van der Waals surface area contributed by atoms with Crippen LogP contribution in [0.5, 0.6) is 0 Å². The second kappa shape index (κ2) is 11.6. The first-order chi connectivity index (χ1) is 18.4. The Morgan fingerprint density at radius 3 is 2.10 bits per heavy atom. The van der Waals surface area contributed by atoms with Crippen LogP contribution in [0.3, 0.4) is 0 Å². The Balaban J connectivity index is 1.44. The lowest BCUT2D eigenvalue weighted by atomic mass is 9.73. The molecule has 2 aromatic carbocycles. The van der Waals surface area contributed by atoms with Gasteiger partial charge in [-0.2, -0.15) is 13.2 Å². The van der Waals surface area contributed by atoms with Crippen LogP contribution in [-0.2, 0) is 14.9 Å². The Bertz CT molecular complexity index is 1130. The smallest absolute Gasteiger partial charge is 0.410 e. The van der Waals surface area contributed by atoms with Crippen molar-refractivity contribution < 1.29 is 27.5 Å². The van der Waals surface area contributed by atoms with Gasteiger partial charge in [-0.3, -0.25) is 4.79 Å². The molecule has 0 atom stereocenters. The Morgan fingerprint density at radius 1 is 0.897 bits per heavy atom. The van der Waals surface area contributed by atoms with Crippen molar-refractivity contribution in [3.63, 3.8) is 0 Å². The second-order valence-corrected chi connectivity index (χ2v) is 11.4. The van der Waals surface area contributed by atoms with Gasteiger partial charge in [0.25, 0.3) is 0 Å². The maximum absolute atomic E-state index is 13.6. The fourth-order valence-corrected chi connectivity index (χ4v) is 5.71. The predicted molar refractivity (Wildman–Crippen MR) is 144 cm³/mol.